The average Bonchev–Trinajstić information content (AvgIpc) is 3.11. The molecule has 10 heteroatoms. The highest BCUT2D eigenvalue weighted by molar-refractivity contribution is 7.92. The van der Waals surface area contributed by atoms with Crippen molar-refractivity contribution >= 4 is 21.4 Å². The highest BCUT2D eigenvalue weighted by atomic mass is 32.2. The number of sulfonamides is 1. The van der Waals surface area contributed by atoms with Crippen LogP contribution < -0.4 is 4.72 Å². The van der Waals surface area contributed by atoms with Crippen molar-refractivity contribution in [2.45, 2.75) is 18.7 Å². The first kappa shape index (κ1) is 17.5. The second kappa shape index (κ2) is 6.56. The van der Waals surface area contributed by atoms with Crippen molar-refractivity contribution < 1.29 is 13.3 Å². The molecule has 3 aromatic rings. The summed E-state index contributed by atoms with van der Waals surface area (Å²) in [6, 6.07) is 9.06. The molecule has 0 amide bonds. The van der Waals surface area contributed by atoms with Gasteiger partial charge in [-0.3, -0.25) is 14.8 Å². The maximum absolute atomic E-state index is 12.9. The zero-order valence-electron chi connectivity index (χ0n) is 13.9. The quantitative estimate of drug-likeness (QED) is 0.542. The summed E-state index contributed by atoms with van der Waals surface area (Å²) < 4.78 is 29.7. The Morgan fingerprint density at radius 1 is 1.19 bits per heavy atom. The van der Waals surface area contributed by atoms with Gasteiger partial charge in [-0.2, -0.15) is 5.10 Å². The number of nitrogens with one attached hydrogen (secondary N) is 1. The van der Waals surface area contributed by atoms with Gasteiger partial charge in [0.05, 0.1) is 21.2 Å². The lowest BCUT2D eigenvalue weighted by atomic mass is 10.1. The van der Waals surface area contributed by atoms with Crippen LogP contribution in [0.25, 0.3) is 5.69 Å². The standard InChI is InChI=1S/C16H15N5O4S/c1-11-7-13(21(22)23)8-16(12(11)2)26(24,25)19-14-5-3-4-6-15(14)20-10-17-9-18-20/h3-10,19H,1-2H3. The Hall–Kier alpha value is -3.27. The van der Waals surface area contributed by atoms with Gasteiger partial charge in [0.15, 0.2) is 0 Å². The summed E-state index contributed by atoms with van der Waals surface area (Å²) in [7, 11) is -4.05. The van der Waals surface area contributed by atoms with Crippen LogP contribution in [0, 0.1) is 24.0 Å². The van der Waals surface area contributed by atoms with Crippen molar-refractivity contribution in [1.82, 2.24) is 14.8 Å². The summed E-state index contributed by atoms with van der Waals surface area (Å²) in [4.78, 5) is 14.2. The summed E-state index contributed by atoms with van der Waals surface area (Å²) in [5.41, 5.74) is 1.44. The van der Waals surface area contributed by atoms with Crippen LogP contribution in [0.5, 0.6) is 0 Å². The third kappa shape index (κ3) is 3.26. The number of non-ortho nitro benzene ring substituents is 1. The van der Waals surface area contributed by atoms with Gasteiger partial charge >= 0.3 is 0 Å². The van der Waals surface area contributed by atoms with Gasteiger partial charge in [-0.25, -0.2) is 18.1 Å². The van der Waals surface area contributed by atoms with Gasteiger partial charge < -0.3 is 0 Å². The SMILES string of the molecule is Cc1cc([N+](=O)[O-])cc(S(=O)(=O)Nc2ccccc2-n2cncn2)c1C. The number of nitrogens with zero attached hydrogens (tertiary/aromatic N) is 4. The fourth-order valence-corrected chi connectivity index (χ4v) is 3.90. The lowest BCUT2D eigenvalue weighted by molar-refractivity contribution is -0.385. The number of benzene rings is 2. The van der Waals surface area contributed by atoms with Crippen molar-refractivity contribution in [3.8, 4) is 5.69 Å². The minimum Gasteiger partial charge on any atom is -0.277 e. The summed E-state index contributed by atoms with van der Waals surface area (Å²) in [5, 5.41) is 15.1. The predicted octanol–water partition coefficient (Wildman–Crippen LogP) is 2.59. The molecule has 0 spiro atoms. The number of hydrogen-bond acceptors (Lipinski definition) is 6. The van der Waals surface area contributed by atoms with E-state index in [-0.39, 0.29) is 16.3 Å². The van der Waals surface area contributed by atoms with Crippen LogP contribution in [-0.2, 0) is 10.0 Å². The molecule has 1 aromatic heterocycles. The highest BCUT2D eigenvalue weighted by Gasteiger charge is 2.23. The van der Waals surface area contributed by atoms with E-state index < -0.39 is 14.9 Å². The van der Waals surface area contributed by atoms with Crippen molar-refractivity contribution in [1.29, 1.82) is 0 Å². The van der Waals surface area contributed by atoms with Gasteiger partial charge in [-0.15, -0.1) is 0 Å². The topological polar surface area (TPSA) is 120 Å². The number of aryl methyl sites for hydroxylation is 1. The number of nitro benzene ring substituents is 1. The Bertz CT molecular complexity index is 1080. The summed E-state index contributed by atoms with van der Waals surface area (Å²) in [6.45, 7) is 3.24. The molecule has 0 aliphatic heterocycles. The molecule has 1 heterocycles. The van der Waals surface area contributed by atoms with Gasteiger partial charge in [-0.05, 0) is 37.1 Å². The molecule has 3 rings (SSSR count). The van der Waals surface area contributed by atoms with Gasteiger partial charge in [0.1, 0.15) is 12.7 Å². The first-order chi connectivity index (χ1) is 12.3. The zero-order valence-corrected chi connectivity index (χ0v) is 14.8. The van der Waals surface area contributed by atoms with E-state index in [4.69, 9.17) is 0 Å². The number of aromatic nitrogens is 3. The maximum atomic E-state index is 12.9. The Labute approximate surface area is 149 Å². The first-order valence-electron chi connectivity index (χ1n) is 7.52. The third-order valence-corrected chi connectivity index (χ3v) is 5.41. The third-order valence-electron chi connectivity index (χ3n) is 3.92. The molecule has 9 nitrogen and oxygen atoms in total. The normalized spacial score (nSPS) is 11.3. The summed E-state index contributed by atoms with van der Waals surface area (Å²) in [6.07, 6.45) is 2.77. The van der Waals surface area contributed by atoms with Crippen molar-refractivity contribution in [3.63, 3.8) is 0 Å². The first-order valence-corrected chi connectivity index (χ1v) is 9.00. The lowest BCUT2D eigenvalue weighted by Crippen LogP contribution is -2.16. The molecule has 1 N–H and O–H groups in total. The fraction of sp³-hybridized carbons (Fsp3) is 0.125. The zero-order chi connectivity index (χ0) is 18.9. The largest absolute Gasteiger partial charge is 0.277 e. The molecule has 0 bridgehead atoms. The van der Waals surface area contributed by atoms with E-state index >= 15 is 0 Å². The molecule has 134 valence electrons. The fourth-order valence-electron chi connectivity index (χ4n) is 2.49. The molecule has 2 aromatic carbocycles. The van der Waals surface area contributed by atoms with Gasteiger partial charge in [0.25, 0.3) is 15.7 Å². The molecule has 0 atom stereocenters. The number of rotatable bonds is 5. The van der Waals surface area contributed by atoms with Crippen LogP contribution in [0.15, 0.2) is 53.9 Å². The second-order valence-corrected chi connectivity index (χ2v) is 7.26. The Morgan fingerprint density at radius 2 is 1.92 bits per heavy atom. The van der Waals surface area contributed by atoms with E-state index in [1.54, 1.807) is 38.1 Å². The monoisotopic (exact) mass is 373 g/mol. The summed E-state index contributed by atoms with van der Waals surface area (Å²) in [5.74, 6) is 0. The van der Waals surface area contributed by atoms with Crippen molar-refractivity contribution in [2.24, 2.45) is 0 Å². The molecular weight excluding hydrogens is 358 g/mol. The van der Waals surface area contributed by atoms with Crippen LogP contribution in [0.1, 0.15) is 11.1 Å². The number of hydrogen-bond donors (Lipinski definition) is 1. The van der Waals surface area contributed by atoms with E-state index in [9.17, 15) is 18.5 Å². The average molecular weight is 373 g/mol. The summed E-state index contributed by atoms with van der Waals surface area (Å²) >= 11 is 0. The van der Waals surface area contributed by atoms with E-state index in [1.807, 2.05) is 0 Å². The lowest BCUT2D eigenvalue weighted by Gasteiger charge is -2.14. The molecule has 26 heavy (non-hydrogen) atoms. The van der Waals surface area contributed by atoms with Gasteiger partial charge in [-0.1, -0.05) is 12.1 Å². The minimum atomic E-state index is -4.05. The smallest absolute Gasteiger partial charge is 0.271 e. The van der Waals surface area contributed by atoms with Crippen molar-refractivity contribution in [3.05, 3.63) is 70.3 Å². The Kier molecular flexibility index (Phi) is 4.43. The molecule has 0 saturated heterocycles. The Balaban J connectivity index is 2.08. The van der Waals surface area contributed by atoms with Crippen LogP contribution in [0.3, 0.4) is 0 Å². The molecule has 0 aliphatic carbocycles. The van der Waals surface area contributed by atoms with E-state index in [0.29, 0.717) is 16.8 Å². The van der Waals surface area contributed by atoms with Crippen LogP contribution >= 0.6 is 0 Å². The van der Waals surface area contributed by atoms with E-state index in [0.717, 1.165) is 6.07 Å². The number of anilines is 1. The molecule has 0 aliphatic rings. The molecule has 0 radical (unpaired) electrons. The van der Waals surface area contributed by atoms with E-state index in [1.165, 1.54) is 23.4 Å². The molecular formula is C16H15N5O4S. The molecule has 0 saturated carbocycles. The molecule has 0 fully saturated rings. The van der Waals surface area contributed by atoms with Crippen LogP contribution in [0.2, 0.25) is 0 Å². The number of nitro groups is 1. The number of para-hydroxylation sites is 2. The van der Waals surface area contributed by atoms with E-state index in [2.05, 4.69) is 14.8 Å². The highest BCUT2D eigenvalue weighted by Crippen LogP contribution is 2.28. The van der Waals surface area contributed by atoms with Crippen molar-refractivity contribution in [2.75, 3.05) is 4.72 Å². The minimum absolute atomic E-state index is 0.141. The maximum Gasteiger partial charge on any atom is 0.271 e. The molecule has 0 unspecified atom stereocenters. The van der Waals surface area contributed by atoms with Crippen LogP contribution in [0.4, 0.5) is 11.4 Å². The predicted molar refractivity (Wildman–Crippen MR) is 94.7 cm³/mol. The van der Waals surface area contributed by atoms with Crippen LogP contribution in [-0.4, -0.2) is 28.1 Å². The Morgan fingerprint density at radius 3 is 2.58 bits per heavy atom. The second-order valence-electron chi connectivity index (χ2n) is 5.61. The van der Waals surface area contributed by atoms with Gasteiger partial charge in [0.2, 0.25) is 0 Å². The van der Waals surface area contributed by atoms with Gasteiger partial charge in [0, 0.05) is 12.1 Å².